The van der Waals surface area contributed by atoms with Gasteiger partial charge in [-0.2, -0.15) is 9.04 Å². The zero-order chi connectivity index (χ0) is 19.4. The third-order valence-corrected chi connectivity index (χ3v) is 6.16. The third-order valence-electron chi connectivity index (χ3n) is 4.25. The van der Waals surface area contributed by atoms with Crippen LogP contribution in [-0.2, 0) is 14.8 Å². The summed E-state index contributed by atoms with van der Waals surface area (Å²) in [6.45, 7) is 0.447. The molecule has 0 saturated carbocycles. The Morgan fingerprint density at radius 1 is 1.07 bits per heavy atom. The van der Waals surface area contributed by atoms with Crippen LogP contribution in [0.25, 0.3) is 0 Å². The SMILES string of the molecule is O=C(COC(=O)c1cccc[n+]1[O-])c1ccc(S(=O)(=O)N2CCCC2)cc1. The molecule has 0 aliphatic carbocycles. The summed E-state index contributed by atoms with van der Waals surface area (Å²) in [7, 11) is -3.55. The molecule has 0 N–H and O–H groups in total. The summed E-state index contributed by atoms with van der Waals surface area (Å²) in [6.07, 6.45) is 2.83. The van der Waals surface area contributed by atoms with Gasteiger partial charge in [0.25, 0.3) is 0 Å². The van der Waals surface area contributed by atoms with E-state index < -0.39 is 28.4 Å². The fourth-order valence-corrected chi connectivity index (χ4v) is 4.28. The lowest BCUT2D eigenvalue weighted by Gasteiger charge is -2.15. The van der Waals surface area contributed by atoms with Crippen LogP contribution in [-0.4, -0.2) is 44.2 Å². The Hall–Kier alpha value is -2.78. The second kappa shape index (κ2) is 7.85. The van der Waals surface area contributed by atoms with Crippen molar-refractivity contribution in [2.75, 3.05) is 19.7 Å². The second-order valence-electron chi connectivity index (χ2n) is 6.05. The van der Waals surface area contributed by atoms with E-state index in [0.29, 0.717) is 17.8 Å². The molecule has 0 spiro atoms. The van der Waals surface area contributed by atoms with Gasteiger partial charge in [-0.1, -0.05) is 0 Å². The highest BCUT2D eigenvalue weighted by Gasteiger charge is 2.27. The minimum Gasteiger partial charge on any atom is -0.618 e. The summed E-state index contributed by atoms with van der Waals surface area (Å²) in [4.78, 5) is 24.1. The van der Waals surface area contributed by atoms with Crippen molar-refractivity contribution in [3.63, 3.8) is 0 Å². The number of aromatic nitrogens is 1. The monoisotopic (exact) mass is 390 g/mol. The van der Waals surface area contributed by atoms with Crippen LogP contribution in [0.3, 0.4) is 0 Å². The van der Waals surface area contributed by atoms with E-state index in [1.165, 1.54) is 46.8 Å². The molecule has 27 heavy (non-hydrogen) atoms. The number of hydrogen-bond donors (Lipinski definition) is 0. The Kier molecular flexibility index (Phi) is 5.52. The molecular formula is C18H18N2O6S. The molecule has 142 valence electrons. The number of nitrogens with zero attached hydrogens (tertiary/aromatic N) is 2. The lowest BCUT2D eigenvalue weighted by Crippen LogP contribution is -2.35. The minimum atomic E-state index is -3.55. The molecule has 1 aliphatic rings. The molecule has 0 radical (unpaired) electrons. The Bertz CT molecular complexity index is 950. The Morgan fingerprint density at radius 3 is 2.37 bits per heavy atom. The minimum absolute atomic E-state index is 0.120. The van der Waals surface area contributed by atoms with E-state index in [9.17, 15) is 23.2 Å². The van der Waals surface area contributed by atoms with Gasteiger partial charge >= 0.3 is 11.7 Å². The first-order chi connectivity index (χ1) is 12.9. The van der Waals surface area contributed by atoms with Gasteiger partial charge in [-0.3, -0.25) is 4.79 Å². The summed E-state index contributed by atoms with van der Waals surface area (Å²) >= 11 is 0. The average Bonchev–Trinajstić information content (AvgIpc) is 3.22. The van der Waals surface area contributed by atoms with Gasteiger partial charge in [-0.25, -0.2) is 13.2 Å². The van der Waals surface area contributed by atoms with Crippen molar-refractivity contribution in [1.29, 1.82) is 0 Å². The van der Waals surface area contributed by atoms with Gasteiger partial charge < -0.3 is 9.94 Å². The molecule has 1 fully saturated rings. The maximum absolute atomic E-state index is 12.5. The third kappa shape index (κ3) is 4.15. The van der Waals surface area contributed by atoms with Crippen LogP contribution in [0.1, 0.15) is 33.7 Å². The molecule has 1 aromatic heterocycles. The molecule has 0 unspecified atom stereocenters. The molecule has 1 saturated heterocycles. The average molecular weight is 390 g/mol. The quantitative estimate of drug-likeness (QED) is 0.317. The standard InChI is InChI=1S/C18H18N2O6S/c21-17(13-26-18(22)16-5-1-2-12-20(16)23)14-6-8-15(9-7-14)27(24,25)19-10-3-4-11-19/h1-2,5-9,12H,3-4,10-11,13H2. The van der Waals surface area contributed by atoms with E-state index in [1.54, 1.807) is 0 Å². The topological polar surface area (TPSA) is 108 Å². The zero-order valence-corrected chi connectivity index (χ0v) is 15.2. The van der Waals surface area contributed by atoms with E-state index in [-0.39, 0.29) is 16.2 Å². The summed E-state index contributed by atoms with van der Waals surface area (Å²) in [5.74, 6) is -1.41. The summed E-state index contributed by atoms with van der Waals surface area (Å²) < 4.78 is 31.6. The van der Waals surface area contributed by atoms with E-state index in [2.05, 4.69) is 0 Å². The highest BCUT2D eigenvalue weighted by atomic mass is 32.2. The number of ether oxygens (including phenoxy) is 1. The molecule has 0 atom stereocenters. The van der Waals surface area contributed by atoms with Crippen molar-refractivity contribution < 1.29 is 27.5 Å². The zero-order valence-electron chi connectivity index (χ0n) is 14.4. The molecule has 2 aromatic rings. The Balaban J connectivity index is 1.64. The number of carbonyl (C=O) groups is 2. The smallest absolute Gasteiger partial charge is 0.405 e. The highest BCUT2D eigenvalue weighted by Crippen LogP contribution is 2.21. The predicted octanol–water partition coefficient (Wildman–Crippen LogP) is 1.14. The molecule has 1 aromatic carbocycles. The van der Waals surface area contributed by atoms with Crippen LogP contribution < -0.4 is 4.73 Å². The van der Waals surface area contributed by atoms with E-state index in [4.69, 9.17) is 4.74 Å². The maximum Gasteiger partial charge on any atom is 0.405 e. The summed E-state index contributed by atoms with van der Waals surface area (Å²) in [5.41, 5.74) is -0.0106. The molecule has 3 rings (SSSR count). The number of benzene rings is 1. The molecule has 2 heterocycles. The van der Waals surface area contributed by atoms with Crippen molar-refractivity contribution in [2.45, 2.75) is 17.7 Å². The normalized spacial score (nSPS) is 14.8. The van der Waals surface area contributed by atoms with Crippen LogP contribution in [0.5, 0.6) is 0 Å². The van der Waals surface area contributed by atoms with Crippen molar-refractivity contribution in [1.82, 2.24) is 4.31 Å². The van der Waals surface area contributed by atoms with Crippen LogP contribution in [0, 0.1) is 5.21 Å². The lowest BCUT2D eigenvalue weighted by molar-refractivity contribution is -0.608. The maximum atomic E-state index is 12.5. The predicted molar refractivity (Wildman–Crippen MR) is 94.4 cm³/mol. The van der Waals surface area contributed by atoms with E-state index >= 15 is 0 Å². The van der Waals surface area contributed by atoms with Gasteiger partial charge in [-0.05, 0) is 43.2 Å². The van der Waals surface area contributed by atoms with E-state index in [0.717, 1.165) is 19.0 Å². The summed E-state index contributed by atoms with van der Waals surface area (Å²) in [6, 6.07) is 9.76. The number of sulfonamides is 1. The van der Waals surface area contributed by atoms with Gasteiger partial charge in [0.2, 0.25) is 10.0 Å². The second-order valence-corrected chi connectivity index (χ2v) is 7.98. The van der Waals surface area contributed by atoms with Gasteiger partial charge in [0.05, 0.1) is 4.90 Å². The first-order valence-corrected chi connectivity index (χ1v) is 9.82. The molecular weight excluding hydrogens is 372 g/mol. The fourth-order valence-electron chi connectivity index (χ4n) is 2.77. The molecule has 0 bridgehead atoms. The number of rotatable bonds is 6. The van der Waals surface area contributed by atoms with Crippen LogP contribution >= 0.6 is 0 Å². The first-order valence-electron chi connectivity index (χ1n) is 8.38. The Labute approximate surface area is 156 Å². The summed E-state index contributed by atoms with van der Waals surface area (Å²) in [5, 5.41) is 11.5. The van der Waals surface area contributed by atoms with Gasteiger partial charge in [-0.15, -0.1) is 0 Å². The van der Waals surface area contributed by atoms with Crippen LogP contribution in [0.4, 0.5) is 0 Å². The van der Waals surface area contributed by atoms with Gasteiger partial charge in [0, 0.05) is 30.8 Å². The van der Waals surface area contributed by atoms with Crippen molar-refractivity contribution in [3.8, 4) is 0 Å². The first kappa shape index (κ1) is 19.0. The lowest BCUT2D eigenvalue weighted by atomic mass is 10.1. The van der Waals surface area contributed by atoms with E-state index in [1.807, 2.05) is 0 Å². The number of ketones is 1. The number of hydrogen-bond acceptors (Lipinski definition) is 6. The number of Topliss-reactive ketones (excluding diaryl/α,β-unsaturated/α-hetero) is 1. The van der Waals surface area contributed by atoms with Crippen molar-refractivity contribution >= 4 is 21.8 Å². The number of carbonyl (C=O) groups excluding carboxylic acids is 2. The highest BCUT2D eigenvalue weighted by molar-refractivity contribution is 7.89. The van der Waals surface area contributed by atoms with Crippen LogP contribution in [0.2, 0.25) is 0 Å². The molecule has 9 heteroatoms. The van der Waals surface area contributed by atoms with Gasteiger partial charge in [0.15, 0.2) is 18.6 Å². The van der Waals surface area contributed by atoms with Gasteiger partial charge in [0.1, 0.15) is 0 Å². The molecule has 8 nitrogen and oxygen atoms in total. The Morgan fingerprint density at radius 2 is 1.74 bits per heavy atom. The molecule has 0 amide bonds. The number of pyridine rings is 1. The van der Waals surface area contributed by atoms with Crippen molar-refractivity contribution in [2.24, 2.45) is 0 Å². The fraction of sp³-hybridized carbons (Fsp3) is 0.278. The molecule has 1 aliphatic heterocycles. The number of esters is 1. The van der Waals surface area contributed by atoms with Crippen molar-refractivity contribution in [3.05, 3.63) is 65.1 Å². The largest absolute Gasteiger partial charge is 0.618 e. The van der Waals surface area contributed by atoms with Crippen LogP contribution in [0.15, 0.2) is 53.6 Å².